The van der Waals surface area contributed by atoms with Crippen molar-refractivity contribution in [1.29, 1.82) is 0 Å². The molecule has 0 aliphatic carbocycles. The van der Waals surface area contributed by atoms with E-state index in [2.05, 4.69) is 4.98 Å². The summed E-state index contributed by atoms with van der Waals surface area (Å²) >= 11 is 0. The first-order valence-electron chi connectivity index (χ1n) is 5.98. The molecule has 0 amide bonds. The van der Waals surface area contributed by atoms with E-state index >= 15 is 0 Å². The van der Waals surface area contributed by atoms with Crippen LogP contribution in [0.15, 0.2) is 40.8 Å². The van der Waals surface area contributed by atoms with Crippen LogP contribution in [0.2, 0.25) is 0 Å². The molecule has 0 saturated carbocycles. The molecule has 0 unspecified atom stereocenters. The highest BCUT2D eigenvalue weighted by Crippen LogP contribution is 2.31. The molecule has 0 bridgehead atoms. The van der Waals surface area contributed by atoms with E-state index in [1.807, 2.05) is 37.3 Å². The maximum atomic E-state index is 6.00. The molecule has 4 heteroatoms. The Hall–Kier alpha value is -2.49. The van der Waals surface area contributed by atoms with Gasteiger partial charge in [-0.25, -0.2) is 4.98 Å². The number of aromatic nitrogens is 1. The van der Waals surface area contributed by atoms with Gasteiger partial charge in [0.25, 0.3) is 0 Å². The Kier molecular flexibility index (Phi) is 2.63. The minimum atomic E-state index is 0.528. The molecule has 2 aromatic carbocycles. The highest BCUT2D eigenvalue weighted by molar-refractivity contribution is 5.80. The lowest BCUT2D eigenvalue weighted by atomic mass is 10.1. The summed E-state index contributed by atoms with van der Waals surface area (Å²) in [6, 6.07) is 11.4. The van der Waals surface area contributed by atoms with E-state index in [1.54, 1.807) is 13.2 Å². The second-order valence-electron chi connectivity index (χ2n) is 4.44. The molecule has 0 aliphatic rings. The normalized spacial score (nSPS) is 10.8. The van der Waals surface area contributed by atoms with E-state index in [-0.39, 0.29) is 0 Å². The van der Waals surface area contributed by atoms with Crippen LogP contribution in [0.3, 0.4) is 0 Å². The third kappa shape index (κ3) is 2.01. The largest absolute Gasteiger partial charge is 0.497 e. The van der Waals surface area contributed by atoms with Gasteiger partial charge >= 0.3 is 0 Å². The van der Waals surface area contributed by atoms with Gasteiger partial charge in [0.05, 0.1) is 12.7 Å². The Morgan fingerprint density at radius 1 is 1.16 bits per heavy atom. The first-order chi connectivity index (χ1) is 9.17. The monoisotopic (exact) mass is 254 g/mol. The van der Waals surface area contributed by atoms with Crippen molar-refractivity contribution >= 4 is 16.8 Å². The number of anilines is 1. The van der Waals surface area contributed by atoms with Gasteiger partial charge in [-0.2, -0.15) is 0 Å². The lowest BCUT2D eigenvalue weighted by Gasteiger charge is -2.04. The van der Waals surface area contributed by atoms with Crippen LogP contribution in [0.1, 0.15) is 5.56 Å². The maximum absolute atomic E-state index is 6.00. The van der Waals surface area contributed by atoms with Gasteiger partial charge in [0, 0.05) is 11.8 Å². The predicted molar refractivity (Wildman–Crippen MR) is 75.1 cm³/mol. The summed E-state index contributed by atoms with van der Waals surface area (Å²) in [6.07, 6.45) is 0. The summed E-state index contributed by atoms with van der Waals surface area (Å²) in [5, 5.41) is 0. The number of aryl methyl sites for hydroxylation is 1. The van der Waals surface area contributed by atoms with Gasteiger partial charge in [0.15, 0.2) is 5.58 Å². The zero-order valence-electron chi connectivity index (χ0n) is 10.8. The Bertz CT molecular complexity index is 747. The molecule has 1 heterocycles. The van der Waals surface area contributed by atoms with E-state index in [9.17, 15) is 0 Å². The van der Waals surface area contributed by atoms with E-state index in [4.69, 9.17) is 14.9 Å². The Labute approximate surface area is 110 Å². The average molecular weight is 254 g/mol. The van der Waals surface area contributed by atoms with Gasteiger partial charge in [-0.1, -0.05) is 6.07 Å². The van der Waals surface area contributed by atoms with Crippen molar-refractivity contribution in [1.82, 2.24) is 4.98 Å². The summed E-state index contributed by atoms with van der Waals surface area (Å²) in [6.45, 7) is 2.02. The van der Waals surface area contributed by atoms with Crippen LogP contribution in [0.5, 0.6) is 5.75 Å². The van der Waals surface area contributed by atoms with Crippen molar-refractivity contribution in [3.8, 4) is 17.2 Å². The number of nitrogen functional groups attached to an aromatic ring is 1. The van der Waals surface area contributed by atoms with Gasteiger partial charge in [0.1, 0.15) is 11.3 Å². The molecular weight excluding hydrogens is 240 g/mol. The van der Waals surface area contributed by atoms with Gasteiger partial charge < -0.3 is 14.9 Å². The quantitative estimate of drug-likeness (QED) is 0.712. The summed E-state index contributed by atoms with van der Waals surface area (Å²) in [4.78, 5) is 4.47. The summed E-state index contributed by atoms with van der Waals surface area (Å²) in [5.74, 6) is 1.24. The van der Waals surface area contributed by atoms with Gasteiger partial charge in [0.2, 0.25) is 5.89 Å². The van der Waals surface area contributed by atoms with Crippen LogP contribution in [-0.4, -0.2) is 12.1 Å². The van der Waals surface area contributed by atoms with E-state index in [0.29, 0.717) is 17.3 Å². The number of oxazole rings is 1. The van der Waals surface area contributed by atoms with Crippen LogP contribution in [0.4, 0.5) is 5.69 Å². The zero-order chi connectivity index (χ0) is 13.4. The fourth-order valence-electron chi connectivity index (χ4n) is 2.02. The van der Waals surface area contributed by atoms with Crippen LogP contribution >= 0.6 is 0 Å². The highest BCUT2D eigenvalue weighted by Gasteiger charge is 2.11. The van der Waals surface area contributed by atoms with Crippen molar-refractivity contribution in [3.05, 3.63) is 42.0 Å². The third-order valence-corrected chi connectivity index (χ3v) is 3.03. The van der Waals surface area contributed by atoms with Gasteiger partial charge in [-0.15, -0.1) is 0 Å². The second kappa shape index (κ2) is 4.31. The molecule has 1 aromatic heterocycles. The number of ether oxygens (including phenoxy) is 1. The molecule has 2 N–H and O–H groups in total. The highest BCUT2D eigenvalue weighted by atomic mass is 16.5. The first-order valence-corrected chi connectivity index (χ1v) is 5.98. The molecule has 0 atom stereocenters. The Morgan fingerprint density at radius 2 is 2.00 bits per heavy atom. The SMILES string of the molecule is COc1ccc(-c2nc3cc(C)ccc3o2)c(N)c1. The number of nitrogens with zero attached hydrogens (tertiary/aromatic N) is 1. The predicted octanol–water partition coefficient (Wildman–Crippen LogP) is 3.39. The van der Waals surface area contributed by atoms with E-state index < -0.39 is 0 Å². The Balaban J connectivity index is 2.13. The van der Waals surface area contributed by atoms with Gasteiger partial charge in [-0.3, -0.25) is 0 Å². The van der Waals surface area contributed by atoms with E-state index in [1.165, 1.54) is 0 Å². The topological polar surface area (TPSA) is 61.3 Å². The van der Waals surface area contributed by atoms with Crippen LogP contribution < -0.4 is 10.5 Å². The molecule has 3 aromatic rings. The number of rotatable bonds is 2. The van der Waals surface area contributed by atoms with Crippen molar-refractivity contribution < 1.29 is 9.15 Å². The fourth-order valence-corrected chi connectivity index (χ4v) is 2.02. The molecule has 3 rings (SSSR count). The molecular formula is C15H14N2O2. The van der Waals surface area contributed by atoms with Crippen molar-refractivity contribution in [2.24, 2.45) is 0 Å². The lowest BCUT2D eigenvalue weighted by molar-refractivity contribution is 0.415. The second-order valence-corrected chi connectivity index (χ2v) is 4.44. The van der Waals surface area contributed by atoms with Gasteiger partial charge in [-0.05, 0) is 36.8 Å². The first kappa shape index (κ1) is 11.6. The number of hydrogen-bond acceptors (Lipinski definition) is 4. The number of hydrogen-bond donors (Lipinski definition) is 1. The fraction of sp³-hybridized carbons (Fsp3) is 0.133. The van der Waals surface area contributed by atoms with Crippen molar-refractivity contribution in [2.45, 2.75) is 6.92 Å². The van der Waals surface area contributed by atoms with Crippen LogP contribution in [0, 0.1) is 6.92 Å². The maximum Gasteiger partial charge on any atom is 0.229 e. The molecule has 4 nitrogen and oxygen atoms in total. The van der Waals surface area contributed by atoms with Crippen molar-refractivity contribution in [2.75, 3.05) is 12.8 Å². The van der Waals surface area contributed by atoms with E-state index in [0.717, 1.165) is 22.2 Å². The molecule has 0 saturated heterocycles. The Morgan fingerprint density at radius 3 is 2.74 bits per heavy atom. The number of benzene rings is 2. The molecule has 96 valence electrons. The third-order valence-electron chi connectivity index (χ3n) is 3.03. The minimum absolute atomic E-state index is 0.528. The van der Waals surface area contributed by atoms with Crippen LogP contribution in [-0.2, 0) is 0 Å². The molecule has 0 aliphatic heterocycles. The zero-order valence-corrected chi connectivity index (χ0v) is 10.8. The lowest BCUT2D eigenvalue weighted by Crippen LogP contribution is -1.92. The molecule has 0 spiro atoms. The molecule has 19 heavy (non-hydrogen) atoms. The summed E-state index contributed by atoms with van der Waals surface area (Å²) in [5.41, 5.74) is 10.1. The number of nitrogens with two attached hydrogens (primary N) is 1. The molecule has 0 radical (unpaired) electrons. The van der Waals surface area contributed by atoms with Crippen molar-refractivity contribution in [3.63, 3.8) is 0 Å². The smallest absolute Gasteiger partial charge is 0.229 e. The summed E-state index contributed by atoms with van der Waals surface area (Å²) < 4.78 is 10.9. The minimum Gasteiger partial charge on any atom is -0.497 e. The summed E-state index contributed by atoms with van der Waals surface area (Å²) in [7, 11) is 1.61. The van der Waals surface area contributed by atoms with Crippen LogP contribution in [0.25, 0.3) is 22.6 Å². The standard InChI is InChI=1S/C15H14N2O2/c1-9-3-6-14-13(7-9)17-15(19-14)11-5-4-10(18-2)8-12(11)16/h3-8H,16H2,1-2H3. The molecule has 0 fully saturated rings. The number of fused-ring (bicyclic) bond motifs is 1. The number of methoxy groups -OCH3 is 1. The average Bonchev–Trinajstić information content (AvgIpc) is 2.81.